The molecule has 10 heteroatoms. The number of hydrogen-bond donors (Lipinski definition) is 3. The second-order valence-corrected chi connectivity index (χ2v) is 12.6. The molecule has 1 aromatic carbocycles. The number of nitrogens with one attached hydrogen (secondary N) is 2. The first-order valence-electron chi connectivity index (χ1n) is 13.3. The van der Waals surface area contributed by atoms with Crippen molar-refractivity contribution in [3.8, 4) is 17.0 Å². The zero-order valence-corrected chi connectivity index (χ0v) is 24.2. The van der Waals surface area contributed by atoms with Crippen molar-refractivity contribution in [3.63, 3.8) is 0 Å². The summed E-state index contributed by atoms with van der Waals surface area (Å²) in [5.74, 6) is 2.17. The second kappa shape index (κ2) is 11.6. The van der Waals surface area contributed by atoms with E-state index in [1.165, 1.54) is 11.9 Å². The van der Waals surface area contributed by atoms with Gasteiger partial charge in [0.15, 0.2) is 0 Å². The van der Waals surface area contributed by atoms with Gasteiger partial charge in [-0.2, -0.15) is 0 Å². The summed E-state index contributed by atoms with van der Waals surface area (Å²) < 4.78 is 20.8. The Bertz CT molecular complexity index is 1140. The van der Waals surface area contributed by atoms with Crippen molar-refractivity contribution >= 4 is 29.5 Å². The van der Waals surface area contributed by atoms with E-state index in [0.717, 1.165) is 66.1 Å². The molecule has 0 aliphatic heterocycles. The third-order valence-electron chi connectivity index (χ3n) is 6.95. The molecule has 1 heterocycles. The number of benzene rings is 1. The first-order chi connectivity index (χ1) is 18.0. The lowest BCUT2D eigenvalue weighted by molar-refractivity contribution is 0.0471. The quantitative estimate of drug-likeness (QED) is 0.293. The molecule has 1 saturated carbocycles. The Morgan fingerprint density at radius 1 is 1.18 bits per heavy atom. The van der Waals surface area contributed by atoms with Gasteiger partial charge in [-0.3, -0.25) is 0 Å². The van der Waals surface area contributed by atoms with Crippen LogP contribution < -0.4 is 20.5 Å². The van der Waals surface area contributed by atoms with Gasteiger partial charge < -0.3 is 30.0 Å². The highest BCUT2D eigenvalue weighted by Gasteiger charge is 2.37. The number of nitrogens with zero attached hydrogens (tertiary/aromatic N) is 2. The minimum absolute atomic E-state index is 0.0659. The number of fused-ring (bicyclic) bond motifs is 3. The smallest absolute Gasteiger partial charge is 0.407 e. The lowest BCUT2D eigenvalue weighted by Crippen LogP contribution is -2.42. The van der Waals surface area contributed by atoms with Crippen LogP contribution in [0.25, 0.3) is 11.3 Å². The van der Waals surface area contributed by atoms with E-state index in [9.17, 15) is 4.79 Å². The fraction of sp³-hybridized carbons (Fsp3) is 0.607. The molecule has 9 nitrogen and oxygen atoms in total. The number of alkyl carbamates (subject to hydrolysis) is 1. The monoisotopic (exact) mass is 543 g/mol. The third-order valence-corrected chi connectivity index (χ3v) is 7.67. The molecule has 0 atom stereocenters. The van der Waals surface area contributed by atoms with Crippen LogP contribution in [0.15, 0.2) is 18.5 Å². The standard InChI is InChI=1S/C28H41N5O4S/c1-27(2,3)37-26(34)32-17-7-9-18(10-8-17)36-21-12-11-19-20(23(21)33-38-14-13-35-6)15-28(4,5)22-24(19)30-16-31-25(22)29/h11-12,16-18,33H,7-10,13-15H2,1-6H3,(H,32,34)(H2,29,30,31). The normalized spacial score (nSPS) is 20.2. The van der Waals surface area contributed by atoms with E-state index in [4.69, 9.17) is 19.9 Å². The fourth-order valence-corrected chi connectivity index (χ4v) is 5.99. The summed E-state index contributed by atoms with van der Waals surface area (Å²) in [6.45, 7) is 10.6. The van der Waals surface area contributed by atoms with Crippen molar-refractivity contribution < 1.29 is 19.0 Å². The molecule has 0 spiro atoms. The van der Waals surface area contributed by atoms with Gasteiger partial charge in [0.05, 0.1) is 24.1 Å². The summed E-state index contributed by atoms with van der Waals surface area (Å²) in [4.78, 5) is 21.1. The SMILES string of the molecule is COCCSNc1c(OC2CCC(NC(=O)OC(C)(C)C)CC2)ccc2c1CC(C)(C)c1c(N)ncnc1-2. The van der Waals surface area contributed by atoms with Crippen LogP contribution in [0.5, 0.6) is 5.75 Å². The highest BCUT2D eigenvalue weighted by atomic mass is 32.2. The van der Waals surface area contributed by atoms with Crippen LogP contribution in [0.2, 0.25) is 0 Å². The maximum absolute atomic E-state index is 12.2. The Hall–Kier alpha value is -2.72. The van der Waals surface area contributed by atoms with E-state index in [1.807, 2.05) is 26.8 Å². The summed E-state index contributed by atoms with van der Waals surface area (Å²) in [6, 6.07) is 4.22. The van der Waals surface area contributed by atoms with Crippen molar-refractivity contribution in [1.82, 2.24) is 15.3 Å². The Balaban J connectivity index is 1.53. The molecule has 2 aliphatic rings. The molecular formula is C28H41N5O4S. The topological polar surface area (TPSA) is 121 Å². The number of nitrogen functional groups attached to an aromatic ring is 1. The molecule has 1 amide bonds. The molecular weight excluding hydrogens is 502 g/mol. The Labute approximate surface area is 230 Å². The van der Waals surface area contributed by atoms with Gasteiger partial charge in [0.25, 0.3) is 0 Å². The van der Waals surface area contributed by atoms with Crippen LogP contribution >= 0.6 is 11.9 Å². The van der Waals surface area contributed by atoms with Crippen LogP contribution in [-0.2, 0) is 21.3 Å². The molecule has 1 aromatic heterocycles. The number of rotatable bonds is 8. The van der Waals surface area contributed by atoms with Gasteiger partial charge in [-0.1, -0.05) is 25.8 Å². The highest BCUT2D eigenvalue weighted by Crippen LogP contribution is 2.49. The number of hydrogen-bond acceptors (Lipinski definition) is 9. The van der Waals surface area contributed by atoms with E-state index in [2.05, 4.69) is 39.9 Å². The van der Waals surface area contributed by atoms with Gasteiger partial charge in [0.2, 0.25) is 0 Å². The van der Waals surface area contributed by atoms with Crippen LogP contribution in [0.4, 0.5) is 16.3 Å². The lowest BCUT2D eigenvalue weighted by atomic mass is 9.71. The molecule has 2 aromatic rings. The predicted molar refractivity (Wildman–Crippen MR) is 153 cm³/mol. The number of anilines is 2. The van der Waals surface area contributed by atoms with Crippen molar-refractivity contribution in [2.75, 3.05) is 29.9 Å². The second-order valence-electron chi connectivity index (χ2n) is 11.7. The van der Waals surface area contributed by atoms with E-state index >= 15 is 0 Å². The average molecular weight is 544 g/mol. The molecule has 2 aliphatic carbocycles. The molecule has 0 saturated heterocycles. The summed E-state index contributed by atoms with van der Waals surface area (Å²) in [6.07, 6.45) is 5.42. The molecule has 4 rings (SSSR count). The average Bonchev–Trinajstić information content (AvgIpc) is 2.82. The first-order valence-corrected chi connectivity index (χ1v) is 14.3. The van der Waals surface area contributed by atoms with Gasteiger partial charge in [0.1, 0.15) is 23.5 Å². The van der Waals surface area contributed by atoms with Crippen LogP contribution in [0, 0.1) is 0 Å². The Morgan fingerprint density at radius 2 is 1.92 bits per heavy atom. The largest absolute Gasteiger partial charge is 0.488 e. The molecule has 1 fully saturated rings. The van der Waals surface area contributed by atoms with Gasteiger partial charge in [-0.05, 0) is 76.0 Å². The Kier molecular flexibility index (Phi) is 8.62. The van der Waals surface area contributed by atoms with Crippen LogP contribution in [0.1, 0.15) is 71.4 Å². The molecule has 208 valence electrons. The summed E-state index contributed by atoms with van der Waals surface area (Å²) in [7, 11) is 1.71. The maximum atomic E-state index is 12.2. The van der Waals surface area contributed by atoms with Crippen molar-refractivity contribution in [3.05, 3.63) is 29.6 Å². The minimum atomic E-state index is -0.506. The number of carbonyl (C=O) groups excluding carboxylic acids is 1. The number of ether oxygens (including phenoxy) is 3. The van der Waals surface area contributed by atoms with Crippen molar-refractivity contribution in [2.45, 2.75) is 89.9 Å². The highest BCUT2D eigenvalue weighted by molar-refractivity contribution is 8.00. The molecule has 0 unspecified atom stereocenters. The van der Waals surface area contributed by atoms with Gasteiger partial charge in [-0.25, -0.2) is 14.8 Å². The molecule has 0 radical (unpaired) electrons. The van der Waals surface area contributed by atoms with Gasteiger partial charge in [-0.15, -0.1) is 0 Å². The number of carbonyl (C=O) groups is 1. The molecule has 4 N–H and O–H groups in total. The zero-order chi connectivity index (χ0) is 27.5. The van der Waals surface area contributed by atoms with E-state index < -0.39 is 5.60 Å². The summed E-state index contributed by atoms with van der Waals surface area (Å²) in [5.41, 5.74) is 10.7. The van der Waals surface area contributed by atoms with Gasteiger partial charge in [0, 0.05) is 30.0 Å². The van der Waals surface area contributed by atoms with E-state index in [1.54, 1.807) is 19.1 Å². The number of methoxy groups -OCH3 is 1. The number of nitrogens with two attached hydrogens (primary N) is 1. The van der Waals surface area contributed by atoms with Crippen LogP contribution in [0.3, 0.4) is 0 Å². The molecule has 0 bridgehead atoms. The van der Waals surface area contributed by atoms with Crippen molar-refractivity contribution in [2.24, 2.45) is 0 Å². The lowest BCUT2D eigenvalue weighted by Gasteiger charge is -2.36. The van der Waals surface area contributed by atoms with Gasteiger partial charge >= 0.3 is 6.09 Å². The number of amides is 1. The summed E-state index contributed by atoms with van der Waals surface area (Å²) >= 11 is 1.60. The van der Waals surface area contributed by atoms with Crippen LogP contribution in [-0.4, -0.2) is 53.3 Å². The maximum Gasteiger partial charge on any atom is 0.407 e. The summed E-state index contributed by atoms with van der Waals surface area (Å²) in [5, 5.41) is 3.01. The minimum Gasteiger partial charge on any atom is -0.488 e. The first kappa shape index (κ1) is 28.3. The van der Waals surface area contributed by atoms with Crippen molar-refractivity contribution in [1.29, 1.82) is 0 Å². The number of aromatic nitrogens is 2. The zero-order valence-electron chi connectivity index (χ0n) is 23.3. The Morgan fingerprint density at radius 3 is 2.61 bits per heavy atom. The van der Waals surface area contributed by atoms with E-state index in [0.29, 0.717) is 12.4 Å². The molecule has 38 heavy (non-hydrogen) atoms. The van der Waals surface area contributed by atoms with E-state index in [-0.39, 0.29) is 23.7 Å². The fourth-order valence-electron chi connectivity index (χ4n) is 5.27. The third kappa shape index (κ3) is 6.64. The predicted octanol–water partition coefficient (Wildman–Crippen LogP) is 5.48.